The summed E-state index contributed by atoms with van der Waals surface area (Å²) in [4.78, 5) is 12.0. The largest absolute Gasteiger partial charge is 0.483 e. The maximum absolute atomic E-state index is 13.0. The molecule has 3 aromatic rings. The van der Waals surface area contributed by atoms with Gasteiger partial charge in [0.15, 0.2) is 11.9 Å². The Labute approximate surface area is 170 Å². The van der Waals surface area contributed by atoms with E-state index in [0.717, 1.165) is 12.3 Å². The maximum Gasteiger partial charge on any atom is 0.433 e. The third-order valence-electron chi connectivity index (χ3n) is 4.25. The summed E-state index contributed by atoms with van der Waals surface area (Å²) in [5.41, 5.74) is -0.563. The number of imidazole rings is 1. The van der Waals surface area contributed by atoms with Crippen molar-refractivity contribution in [1.82, 2.24) is 19.5 Å². The summed E-state index contributed by atoms with van der Waals surface area (Å²) >= 11 is 0. The minimum atomic E-state index is -4.62. The van der Waals surface area contributed by atoms with Gasteiger partial charge in [0.05, 0.1) is 39.1 Å². The van der Waals surface area contributed by atoms with Crippen molar-refractivity contribution >= 4 is 21.8 Å². The van der Waals surface area contributed by atoms with Crippen molar-refractivity contribution in [2.45, 2.75) is 24.1 Å². The summed E-state index contributed by atoms with van der Waals surface area (Å²) in [7, 11) is 0.00330. The molecule has 0 aliphatic carbocycles. The van der Waals surface area contributed by atoms with Gasteiger partial charge in [-0.2, -0.15) is 13.2 Å². The predicted molar refractivity (Wildman–Crippen MR) is 100 cm³/mol. The van der Waals surface area contributed by atoms with Crippen molar-refractivity contribution in [3.05, 3.63) is 30.2 Å². The van der Waals surface area contributed by atoms with E-state index in [1.807, 2.05) is 0 Å². The Bertz CT molecular complexity index is 1080. The third-order valence-corrected chi connectivity index (χ3v) is 5.58. The fraction of sp³-hybridized carbons (Fsp3) is 0.389. The van der Waals surface area contributed by atoms with E-state index in [-0.39, 0.29) is 33.4 Å². The van der Waals surface area contributed by atoms with Gasteiger partial charge in [-0.25, -0.2) is 23.7 Å². The highest BCUT2D eigenvalue weighted by Crippen LogP contribution is 2.32. The number of aryl methyl sites for hydroxylation is 1. The molecule has 6 nitrogen and oxygen atoms in total. The van der Waals surface area contributed by atoms with Gasteiger partial charge in [0.25, 0.3) is 0 Å². The van der Waals surface area contributed by atoms with E-state index in [4.69, 9.17) is 4.74 Å². The maximum atomic E-state index is 13.0. The highest BCUT2D eigenvalue weighted by Gasteiger charge is 2.33. The highest BCUT2D eigenvalue weighted by atomic mass is 32.2. The zero-order chi connectivity index (χ0) is 22.1. The van der Waals surface area contributed by atoms with Crippen LogP contribution in [0.4, 0.5) is 22.0 Å². The van der Waals surface area contributed by atoms with Crippen LogP contribution in [0.1, 0.15) is 12.6 Å². The van der Waals surface area contributed by atoms with Gasteiger partial charge >= 0.3 is 6.18 Å². The molecule has 0 fully saturated rings. The van der Waals surface area contributed by atoms with Crippen LogP contribution in [0.25, 0.3) is 22.6 Å². The zero-order valence-corrected chi connectivity index (χ0v) is 16.7. The van der Waals surface area contributed by atoms with Gasteiger partial charge in [-0.3, -0.25) is 4.21 Å². The zero-order valence-electron chi connectivity index (χ0n) is 15.9. The van der Waals surface area contributed by atoms with Gasteiger partial charge < -0.3 is 9.30 Å². The quantitative estimate of drug-likeness (QED) is 0.514. The molecule has 3 heterocycles. The van der Waals surface area contributed by atoms with Crippen molar-refractivity contribution in [2.24, 2.45) is 7.05 Å². The molecular weight excluding hydrogens is 431 g/mol. The molecule has 1 atom stereocenters. The van der Waals surface area contributed by atoms with Crippen molar-refractivity contribution in [3.63, 3.8) is 0 Å². The normalized spacial score (nSPS) is 13.2. The number of ether oxygens (including phenoxy) is 1. The lowest BCUT2D eigenvalue weighted by molar-refractivity contribution is -0.141. The molecule has 0 amide bonds. The molecule has 1 unspecified atom stereocenters. The number of fused-ring (bicyclic) bond motifs is 1. The van der Waals surface area contributed by atoms with Gasteiger partial charge in [-0.15, -0.1) is 0 Å². The van der Waals surface area contributed by atoms with E-state index in [1.54, 1.807) is 14.0 Å². The number of rotatable bonds is 7. The first-order valence-corrected chi connectivity index (χ1v) is 10.1. The van der Waals surface area contributed by atoms with Crippen molar-refractivity contribution in [1.29, 1.82) is 0 Å². The Balaban J connectivity index is 2.13. The van der Waals surface area contributed by atoms with Crippen LogP contribution in [0.15, 0.2) is 29.4 Å². The van der Waals surface area contributed by atoms with E-state index < -0.39 is 42.1 Å². The number of hydrogen-bond donors (Lipinski definition) is 0. The summed E-state index contributed by atoms with van der Waals surface area (Å²) in [6, 6.07) is 2.17. The number of nitrogens with zero attached hydrogens (tertiary/aromatic N) is 4. The van der Waals surface area contributed by atoms with Crippen LogP contribution in [0, 0.1) is 0 Å². The molecule has 0 aliphatic heterocycles. The van der Waals surface area contributed by atoms with E-state index in [2.05, 4.69) is 15.0 Å². The van der Waals surface area contributed by atoms with Crippen LogP contribution in [0.2, 0.25) is 0 Å². The fourth-order valence-electron chi connectivity index (χ4n) is 2.74. The first-order valence-electron chi connectivity index (χ1n) is 8.76. The minimum Gasteiger partial charge on any atom is -0.483 e. The van der Waals surface area contributed by atoms with E-state index >= 15 is 0 Å². The number of hydrogen-bond acceptors (Lipinski definition) is 5. The molecule has 3 rings (SSSR count). The minimum absolute atomic E-state index is 0.0237. The fourth-order valence-corrected chi connectivity index (χ4v) is 3.66. The topological polar surface area (TPSA) is 69.9 Å². The molecule has 0 aromatic carbocycles. The van der Waals surface area contributed by atoms with Crippen LogP contribution in [-0.4, -0.2) is 48.9 Å². The number of pyridine rings is 2. The average molecular weight is 448 g/mol. The first-order chi connectivity index (χ1) is 14.2. The van der Waals surface area contributed by atoms with Crippen LogP contribution in [0.5, 0.6) is 5.75 Å². The van der Waals surface area contributed by atoms with Crippen LogP contribution in [0.3, 0.4) is 0 Å². The van der Waals surface area contributed by atoms with Gasteiger partial charge in [0, 0.05) is 18.9 Å². The molecule has 162 valence electrons. The van der Waals surface area contributed by atoms with Crippen molar-refractivity contribution < 1.29 is 30.9 Å². The third kappa shape index (κ3) is 4.27. The lowest BCUT2D eigenvalue weighted by Crippen LogP contribution is -2.21. The monoisotopic (exact) mass is 448 g/mol. The van der Waals surface area contributed by atoms with Crippen LogP contribution in [-0.2, 0) is 24.0 Å². The van der Waals surface area contributed by atoms with E-state index in [0.29, 0.717) is 5.52 Å². The van der Waals surface area contributed by atoms with Gasteiger partial charge in [0.1, 0.15) is 30.5 Å². The molecule has 0 bridgehead atoms. The van der Waals surface area contributed by atoms with E-state index in [1.165, 1.54) is 16.8 Å². The Kier molecular flexibility index (Phi) is 6.34. The number of aromatic nitrogens is 4. The number of alkyl halides is 5. The van der Waals surface area contributed by atoms with Crippen molar-refractivity contribution in [2.75, 3.05) is 19.1 Å². The van der Waals surface area contributed by atoms with Gasteiger partial charge in [-0.05, 0) is 6.07 Å². The molecule has 0 radical (unpaired) electrons. The second kappa shape index (κ2) is 8.62. The highest BCUT2D eigenvalue weighted by molar-refractivity contribution is 7.85. The van der Waals surface area contributed by atoms with E-state index in [9.17, 15) is 26.2 Å². The molecule has 0 spiro atoms. The summed E-state index contributed by atoms with van der Waals surface area (Å²) in [5, 5.41) is 0. The van der Waals surface area contributed by atoms with Crippen molar-refractivity contribution in [3.8, 4) is 17.3 Å². The van der Waals surface area contributed by atoms with Crippen LogP contribution >= 0.6 is 0 Å². The average Bonchev–Trinajstić information content (AvgIpc) is 3.06. The molecule has 30 heavy (non-hydrogen) atoms. The SMILES string of the molecule is CCS(=O)c1cc(OC(CF)CF)cnc1-c1nc2cc(C(F)(F)F)ncc2n1C. The molecule has 0 N–H and O–H groups in total. The Morgan fingerprint density at radius 3 is 2.47 bits per heavy atom. The molecule has 3 aromatic heterocycles. The second-order valence-electron chi connectivity index (χ2n) is 6.25. The summed E-state index contributed by atoms with van der Waals surface area (Å²) in [6.45, 7) is -0.443. The van der Waals surface area contributed by atoms with Gasteiger partial charge in [-0.1, -0.05) is 6.92 Å². The summed E-state index contributed by atoms with van der Waals surface area (Å²) in [5.74, 6) is 0.398. The number of halogens is 5. The molecule has 0 aliphatic rings. The molecule has 0 saturated heterocycles. The molecular formula is C18H17F5N4O2S. The lowest BCUT2D eigenvalue weighted by Gasteiger charge is -2.14. The summed E-state index contributed by atoms with van der Waals surface area (Å²) < 4.78 is 83.6. The summed E-state index contributed by atoms with van der Waals surface area (Å²) in [6.07, 6.45) is -3.69. The van der Waals surface area contributed by atoms with Gasteiger partial charge in [0.2, 0.25) is 0 Å². The predicted octanol–water partition coefficient (Wildman–Crippen LogP) is 3.86. The Hall–Kier alpha value is -2.63. The smallest absolute Gasteiger partial charge is 0.433 e. The van der Waals surface area contributed by atoms with Crippen LogP contribution < -0.4 is 4.74 Å². The lowest BCUT2D eigenvalue weighted by atomic mass is 10.3. The molecule has 12 heteroatoms. The Morgan fingerprint density at radius 1 is 1.17 bits per heavy atom. The first kappa shape index (κ1) is 22.1. The second-order valence-corrected chi connectivity index (χ2v) is 7.96. The standard InChI is InChI=1S/C18H17F5N4O2S/c1-3-30(28)14-4-10(29-11(6-19)7-20)8-25-16(14)17-26-12-5-15(18(21,22)23)24-9-13(12)27(17)2/h4-5,8-9,11H,3,6-7H2,1-2H3. The Morgan fingerprint density at radius 2 is 1.87 bits per heavy atom. The molecule has 0 saturated carbocycles.